The van der Waals surface area contributed by atoms with Gasteiger partial charge in [-0.25, -0.2) is 4.98 Å². The molecule has 3 atom stereocenters. The van der Waals surface area contributed by atoms with Gasteiger partial charge in [-0.1, -0.05) is 13.8 Å². The number of nitrogens with one attached hydrogen (secondary N) is 1. The van der Waals surface area contributed by atoms with Crippen LogP contribution < -0.4 is 5.32 Å². The molecule has 1 aromatic rings. The molecule has 0 aliphatic carbocycles. The Morgan fingerprint density at radius 1 is 1.30 bits per heavy atom. The molecule has 0 bridgehead atoms. The molecule has 1 aromatic heterocycles. The van der Waals surface area contributed by atoms with Crippen LogP contribution in [0.1, 0.15) is 34.7 Å². The monoisotopic (exact) mass is 342 g/mol. The summed E-state index contributed by atoms with van der Waals surface area (Å²) in [4.78, 5) is 4.19. The van der Waals surface area contributed by atoms with Crippen molar-refractivity contribution in [3.63, 3.8) is 0 Å². The van der Waals surface area contributed by atoms with Crippen LogP contribution in [0.2, 0.25) is 0 Å². The predicted molar refractivity (Wildman–Crippen MR) is 81.6 cm³/mol. The van der Waals surface area contributed by atoms with Crippen molar-refractivity contribution in [3.8, 4) is 0 Å². The molecule has 2 rings (SSSR count). The molecule has 0 amide bonds. The van der Waals surface area contributed by atoms with Crippen molar-refractivity contribution >= 4 is 34.9 Å². The molecular formula is C12H17F3N2S3. The number of alkyl halides is 3. The fourth-order valence-electron chi connectivity index (χ4n) is 1.92. The van der Waals surface area contributed by atoms with Gasteiger partial charge in [-0.15, -0.1) is 23.1 Å². The highest BCUT2D eigenvalue weighted by molar-refractivity contribution is 8.07. The topological polar surface area (TPSA) is 24.9 Å². The van der Waals surface area contributed by atoms with Crippen molar-refractivity contribution in [2.45, 2.75) is 42.3 Å². The van der Waals surface area contributed by atoms with Gasteiger partial charge in [-0.05, 0) is 7.05 Å². The van der Waals surface area contributed by atoms with Gasteiger partial charge in [-0.3, -0.25) is 0 Å². The molecule has 1 N–H and O–H groups in total. The highest BCUT2D eigenvalue weighted by Crippen LogP contribution is 2.47. The molecule has 1 aliphatic heterocycles. The van der Waals surface area contributed by atoms with E-state index in [9.17, 15) is 13.2 Å². The Morgan fingerprint density at radius 2 is 2.00 bits per heavy atom. The van der Waals surface area contributed by atoms with Crippen LogP contribution in [0, 0.1) is 0 Å². The molecule has 0 radical (unpaired) electrons. The van der Waals surface area contributed by atoms with Gasteiger partial charge < -0.3 is 5.32 Å². The number of thiazole rings is 1. The fourth-order valence-corrected chi connectivity index (χ4v) is 6.21. The van der Waals surface area contributed by atoms with E-state index < -0.39 is 11.9 Å². The summed E-state index contributed by atoms with van der Waals surface area (Å²) in [5, 5.41) is 4.44. The molecule has 0 saturated carbocycles. The largest absolute Gasteiger partial charge is 0.434 e. The van der Waals surface area contributed by atoms with Crippen molar-refractivity contribution < 1.29 is 13.2 Å². The molecule has 3 unspecified atom stereocenters. The Hall–Kier alpha value is 0.0800. The van der Waals surface area contributed by atoms with Crippen LogP contribution in [0.25, 0.3) is 0 Å². The van der Waals surface area contributed by atoms with Crippen LogP contribution in [0.4, 0.5) is 13.2 Å². The summed E-state index contributed by atoms with van der Waals surface area (Å²) in [6, 6.07) is 0. The molecular weight excluding hydrogens is 325 g/mol. The third-order valence-corrected chi connectivity index (χ3v) is 7.86. The van der Waals surface area contributed by atoms with E-state index in [1.807, 2.05) is 11.8 Å². The molecule has 114 valence electrons. The highest BCUT2D eigenvalue weighted by atomic mass is 32.2. The van der Waals surface area contributed by atoms with E-state index in [1.165, 1.54) is 11.3 Å². The Kier molecular flexibility index (Phi) is 5.31. The van der Waals surface area contributed by atoms with Crippen molar-refractivity contribution in [1.82, 2.24) is 10.3 Å². The van der Waals surface area contributed by atoms with E-state index in [-0.39, 0.29) is 16.7 Å². The SMILES string of the molecule is CNCc1sc(C2CSC(C)C(C)S2)nc1C(F)(F)F. The minimum Gasteiger partial charge on any atom is -0.315 e. The summed E-state index contributed by atoms with van der Waals surface area (Å²) >= 11 is 4.74. The smallest absolute Gasteiger partial charge is 0.315 e. The van der Waals surface area contributed by atoms with Crippen LogP contribution >= 0.6 is 34.9 Å². The lowest BCUT2D eigenvalue weighted by Gasteiger charge is -2.30. The summed E-state index contributed by atoms with van der Waals surface area (Å²) in [7, 11) is 1.65. The third kappa shape index (κ3) is 3.64. The average molecular weight is 342 g/mol. The first-order chi connectivity index (χ1) is 9.32. The van der Waals surface area contributed by atoms with E-state index in [0.717, 1.165) is 5.75 Å². The van der Waals surface area contributed by atoms with Crippen molar-refractivity contribution in [1.29, 1.82) is 0 Å². The highest BCUT2D eigenvalue weighted by Gasteiger charge is 2.39. The lowest BCUT2D eigenvalue weighted by Crippen LogP contribution is -2.22. The average Bonchev–Trinajstić information content (AvgIpc) is 2.77. The summed E-state index contributed by atoms with van der Waals surface area (Å²) in [6.45, 7) is 4.50. The van der Waals surface area contributed by atoms with Crippen LogP contribution in [-0.2, 0) is 12.7 Å². The summed E-state index contributed by atoms with van der Waals surface area (Å²) in [5.74, 6) is 0.833. The molecule has 0 spiro atoms. The number of thioether (sulfide) groups is 2. The van der Waals surface area contributed by atoms with Gasteiger partial charge in [-0.2, -0.15) is 24.9 Å². The van der Waals surface area contributed by atoms with E-state index in [1.54, 1.807) is 18.8 Å². The predicted octanol–water partition coefficient (Wildman–Crippen LogP) is 4.18. The summed E-state index contributed by atoms with van der Waals surface area (Å²) < 4.78 is 39.0. The van der Waals surface area contributed by atoms with E-state index in [0.29, 0.717) is 15.5 Å². The molecule has 2 heterocycles. The molecule has 0 aromatic carbocycles. The Labute approximate surface area is 129 Å². The Balaban J connectivity index is 2.24. The van der Waals surface area contributed by atoms with Gasteiger partial charge in [0.2, 0.25) is 0 Å². The van der Waals surface area contributed by atoms with Gasteiger partial charge in [0.15, 0.2) is 5.69 Å². The summed E-state index contributed by atoms with van der Waals surface area (Å²) in [6.07, 6.45) is -4.37. The van der Waals surface area contributed by atoms with Gasteiger partial charge in [0, 0.05) is 22.8 Å². The second kappa shape index (κ2) is 6.46. The van der Waals surface area contributed by atoms with E-state index >= 15 is 0 Å². The zero-order valence-electron chi connectivity index (χ0n) is 11.5. The zero-order valence-corrected chi connectivity index (χ0v) is 13.9. The number of nitrogens with zero attached hydrogens (tertiary/aromatic N) is 1. The Morgan fingerprint density at radius 3 is 2.55 bits per heavy atom. The molecule has 8 heteroatoms. The van der Waals surface area contributed by atoms with Crippen molar-refractivity contribution in [2.24, 2.45) is 0 Å². The molecule has 1 aliphatic rings. The standard InChI is InChI=1S/C12H17F3N2S3/c1-6-7(2)19-9(5-18-6)11-17-10(12(13,14)15)8(20-11)4-16-3/h6-7,9,16H,4-5H2,1-3H3. The molecule has 2 nitrogen and oxygen atoms in total. The molecule has 1 fully saturated rings. The zero-order chi connectivity index (χ0) is 14.9. The van der Waals surface area contributed by atoms with Crippen molar-refractivity contribution in [2.75, 3.05) is 12.8 Å². The van der Waals surface area contributed by atoms with Crippen LogP contribution in [0.3, 0.4) is 0 Å². The lowest BCUT2D eigenvalue weighted by molar-refractivity contribution is -0.141. The van der Waals surface area contributed by atoms with Crippen LogP contribution in [0.15, 0.2) is 0 Å². The number of rotatable bonds is 3. The second-order valence-corrected chi connectivity index (χ2v) is 8.83. The van der Waals surface area contributed by atoms with Crippen molar-refractivity contribution in [3.05, 3.63) is 15.6 Å². The van der Waals surface area contributed by atoms with E-state index in [4.69, 9.17) is 0 Å². The molecule has 1 saturated heterocycles. The number of halogens is 3. The lowest BCUT2D eigenvalue weighted by atomic mass is 10.3. The van der Waals surface area contributed by atoms with Crippen LogP contribution in [-0.4, -0.2) is 28.3 Å². The number of hydrogen-bond donors (Lipinski definition) is 1. The quantitative estimate of drug-likeness (QED) is 0.891. The Bertz CT molecular complexity index is 461. The first-order valence-corrected chi connectivity index (χ1v) is 9.12. The van der Waals surface area contributed by atoms with E-state index in [2.05, 4.69) is 24.1 Å². The van der Waals surface area contributed by atoms with Crippen LogP contribution in [0.5, 0.6) is 0 Å². The summed E-state index contributed by atoms with van der Waals surface area (Å²) in [5.41, 5.74) is -0.719. The minimum atomic E-state index is -4.37. The number of aromatic nitrogens is 1. The second-order valence-electron chi connectivity index (χ2n) is 4.72. The number of hydrogen-bond acceptors (Lipinski definition) is 5. The minimum absolute atomic E-state index is 0.0721. The maximum Gasteiger partial charge on any atom is 0.434 e. The first-order valence-electron chi connectivity index (χ1n) is 6.31. The third-order valence-electron chi connectivity index (χ3n) is 3.15. The van der Waals surface area contributed by atoms with Gasteiger partial charge >= 0.3 is 6.18 Å². The maximum atomic E-state index is 13.0. The van der Waals surface area contributed by atoms with Gasteiger partial charge in [0.25, 0.3) is 0 Å². The van der Waals surface area contributed by atoms with Gasteiger partial charge in [0.05, 0.1) is 10.1 Å². The maximum absolute atomic E-state index is 13.0. The fraction of sp³-hybridized carbons (Fsp3) is 0.750. The normalized spacial score (nSPS) is 27.8. The first kappa shape index (κ1) is 16.5. The molecule has 20 heavy (non-hydrogen) atoms. The van der Waals surface area contributed by atoms with Gasteiger partial charge in [0.1, 0.15) is 5.01 Å².